The third kappa shape index (κ3) is 2.84. The molecule has 0 atom stereocenters. The molecule has 0 aromatic heterocycles. The van der Waals surface area contributed by atoms with E-state index in [0.29, 0.717) is 11.5 Å². The highest BCUT2D eigenvalue weighted by Gasteiger charge is 2.16. The first-order valence-corrected chi connectivity index (χ1v) is 5.78. The molecule has 1 rings (SSSR count). The van der Waals surface area contributed by atoms with Crippen molar-refractivity contribution in [3.63, 3.8) is 0 Å². The average Bonchev–Trinajstić information content (AvgIpc) is 2.15. The predicted molar refractivity (Wildman–Crippen MR) is 66.0 cm³/mol. The second-order valence-electron chi connectivity index (χ2n) is 4.94. The van der Waals surface area contributed by atoms with E-state index in [-0.39, 0.29) is 5.92 Å². The summed E-state index contributed by atoms with van der Waals surface area (Å²) in [6.07, 6.45) is 0.939. The van der Waals surface area contributed by atoms with Gasteiger partial charge in [0.05, 0.1) is 5.56 Å². The Balaban J connectivity index is 3.27. The van der Waals surface area contributed by atoms with Crippen molar-refractivity contribution < 1.29 is 9.90 Å². The van der Waals surface area contributed by atoms with E-state index < -0.39 is 5.97 Å². The second-order valence-corrected chi connectivity index (χ2v) is 4.94. The van der Waals surface area contributed by atoms with Crippen LogP contribution in [0.1, 0.15) is 55.1 Å². The highest BCUT2D eigenvalue weighted by molar-refractivity contribution is 5.90. The Kier molecular flexibility index (Phi) is 4.11. The number of aromatic carboxylic acids is 1. The molecule has 16 heavy (non-hydrogen) atoms. The first-order chi connectivity index (χ1) is 7.43. The Labute approximate surface area is 97.3 Å². The van der Waals surface area contributed by atoms with Crippen LogP contribution in [0.4, 0.5) is 0 Å². The molecular weight excluding hydrogens is 200 g/mol. The summed E-state index contributed by atoms with van der Waals surface area (Å²) in [6, 6.07) is 5.58. The molecule has 0 unspecified atom stereocenters. The van der Waals surface area contributed by atoms with E-state index in [4.69, 9.17) is 0 Å². The molecule has 0 heterocycles. The Bertz CT molecular complexity index is 378. The number of carboxylic acid groups (broad SMARTS) is 1. The third-order valence-electron chi connectivity index (χ3n) is 2.63. The van der Waals surface area contributed by atoms with Gasteiger partial charge < -0.3 is 5.11 Å². The molecule has 1 aromatic carbocycles. The lowest BCUT2D eigenvalue weighted by molar-refractivity contribution is 0.0695. The van der Waals surface area contributed by atoms with Gasteiger partial charge in [-0.2, -0.15) is 0 Å². The third-order valence-corrected chi connectivity index (χ3v) is 2.63. The molecule has 2 nitrogen and oxygen atoms in total. The van der Waals surface area contributed by atoms with Gasteiger partial charge in [0.15, 0.2) is 0 Å². The molecule has 0 aliphatic carbocycles. The van der Waals surface area contributed by atoms with Crippen molar-refractivity contribution in [1.82, 2.24) is 0 Å². The van der Waals surface area contributed by atoms with Gasteiger partial charge in [0.2, 0.25) is 0 Å². The normalized spacial score (nSPS) is 11.1. The maximum Gasteiger partial charge on any atom is 0.335 e. The van der Waals surface area contributed by atoms with Crippen LogP contribution in [-0.4, -0.2) is 11.1 Å². The molecule has 88 valence electrons. The fourth-order valence-corrected chi connectivity index (χ4v) is 2.10. The first kappa shape index (κ1) is 12.8. The van der Waals surface area contributed by atoms with Crippen LogP contribution in [0.5, 0.6) is 0 Å². The molecule has 2 heteroatoms. The van der Waals surface area contributed by atoms with Gasteiger partial charge in [-0.1, -0.05) is 39.8 Å². The van der Waals surface area contributed by atoms with Crippen LogP contribution in [0.3, 0.4) is 0 Å². The summed E-state index contributed by atoms with van der Waals surface area (Å²) >= 11 is 0. The van der Waals surface area contributed by atoms with Crippen LogP contribution >= 0.6 is 0 Å². The molecular formula is C14H20O2. The van der Waals surface area contributed by atoms with Crippen molar-refractivity contribution in [2.24, 2.45) is 5.92 Å². The molecule has 0 amide bonds. The van der Waals surface area contributed by atoms with E-state index >= 15 is 0 Å². The van der Waals surface area contributed by atoms with Gasteiger partial charge in [0.1, 0.15) is 0 Å². The summed E-state index contributed by atoms with van der Waals surface area (Å²) in [7, 11) is 0. The molecule has 0 saturated carbocycles. The minimum atomic E-state index is -0.825. The van der Waals surface area contributed by atoms with Crippen LogP contribution in [0.25, 0.3) is 0 Å². The molecule has 0 spiro atoms. The largest absolute Gasteiger partial charge is 0.478 e. The lowest BCUT2D eigenvalue weighted by atomic mass is 9.88. The van der Waals surface area contributed by atoms with E-state index in [1.54, 1.807) is 6.07 Å². The molecule has 0 fully saturated rings. The van der Waals surface area contributed by atoms with Crippen molar-refractivity contribution in [2.45, 2.75) is 40.0 Å². The number of carboxylic acids is 1. The first-order valence-electron chi connectivity index (χ1n) is 5.78. The van der Waals surface area contributed by atoms with E-state index in [1.165, 1.54) is 5.56 Å². The zero-order valence-corrected chi connectivity index (χ0v) is 10.4. The number of hydrogen-bond donors (Lipinski definition) is 1. The number of hydrogen-bond acceptors (Lipinski definition) is 1. The molecule has 1 aromatic rings. The minimum Gasteiger partial charge on any atom is -0.478 e. The summed E-state index contributed by atoms with van der Waals surface area (Å²) < 4.78 is 0. The molecule has 0 aliphatic heterocycles. The zero-order chi connectivity index (χ0) is 12.3. The molecule has 0 bridgehead atoms. The zero-order valence-electron chi connectivity index (χ0n) is 10.4. The van der Waals surface area contributed by atoms with Gasteiger partial charge in [0, 0.05) is 0 Å². The second kappa shape index (κ2) is 5.15. The monoisotopic (exact) mass is 220 g/mol. The lowest BCUT2D eigenvalue weighted by Gasteiger charge is -2.17. The van der Waals surface area contributed by atoms with Crippen molar-refractivity contribution in [2.75, 3.05) is 0 Å². The number of carbonyl (C=O) groups is 1. The van der Waals surface area contributed by atoms with E-state index in [2.05, 4.69) is 13.8 Å². The Morgan fingerprint density at radius 3 is 2.31 bits per heavy atom. The summed E-state index contributed by atoms with van der Waals surface area (Å²) in [5.41, 5.74) is 2.61. The summed E-state index contributed by atoms with van der Waals surface area (Å²) in [4.78, 5) is 11.2. The quantitative estimate of drug-likeness (QED) is 0.840. The van der Waals surface area contributed by atoms with E-state index in [1.807, 2.05) is 26.0 Å². The van der Waals surface area contributed by atoms with Gasteiger partial charge in [-0.15, -0.1) is 0 Å². The maximum atomic E-state index is 11.2. The Hall–Kier alpha value is -1.31. The highest BCUT2D eigenvalue weighted by Crippen LogP contribution is 2.26. The average molecular weight is 220 g/mol. The van der Waals surface area contributed by atoms with Crippen LogP contribution in [-0.2, 0) is 6.42 Å². The standard InChI is InChI=1S/C14H20O2/c1-9(2)8-11-6-5-7-12(14(15)16)13(11)10(3)4/h5-7,9-10H,8H2,1-4H3,(H,15,16). The molecule has 1 N–H and O–H groups in total. The summed E-state index contributed by atoms with van der Waals surface area (Å²) in [5.74, 6) is -0.0306. The van der Waals surface area contributed by atoms with Crippen LogP contribution in [0.15, 0.2) is 18.2 Å². The lowest BCUT2D eigenvalue weighted by Crippen LogP contribution is -2.09. The SMILES string of the molecule is CC(C)Cc1cccc(C(=O)O)c1C(C)C. The van der Waals surface area contributed by atoms with E-state index in [9.17, 15) is 9.90 Å². The van der Waals surface area contributed by atoms with Crippen LogP contribution in [0, 0.1) is 5.92 Å². The van der Waals surface area contributed by atoms with Crippen molar-refractivity contribution >= 4 is 5.97 Å². The highest BCUT2D eigenvalue weighted by atomic mass is 16.4. The van der Waals surface area contributed by atoms with Gasteiger partial charge in [0.25, 0.3) is 0 Å². The van der Waals surface area contributed by atoms with Crippen molar-refractivity contribution in [3.05, 3.63) is 34.9 Å². The van der Waals surface area contributed by atoms with Crippen LogP contribution in [0.2, 0.25) is 0 Å². The topological polar surface area (TPSA) is 37.3 Å². The fraction of sp³-hybridized carbons (Fsp3) is 0.500. The smallest absolute Gasteiger partial charge is 0.335 e. The van der Waals surface area contributed by atoms with Gasteiger partial charge in [-0.25, -0.2) is 4.79 Å². The maximum absolute atomic E-state index is 11.2. The van der Waals surface area contributed by atoms with Crippen molar-refractivity contribution in [3.8, 4) is 0 Å². The Morgan fingerprint density at radius 1 is 1.25 bits per heavy atom. The molecule has 0 radical (unpaired) electrons. The predicted octanol–water partition coefficient (Wildman–Crippen LogP) is 3.71. The minimum absolute atomic E-state index is 0.251. The number of rotatable bonds is 4. The van der Waals surface area contributed by atoms with Gasteiger partial charge in [-0.3, -0.25) is 0 Å². The molecule has 0 aliphatic rings. The fourth-order valence-electron chi connectivity index (χ4n) is 2.10. The van der Waals surface area contributed by atoms with E-state index in [0.717, 1.165) is 12.0 Å². The molecule has 0 saturated heterocycles. The van der Waals surface area contributed by atoms with Crippen LogP contribution < -0.4 is 0 Å². The van der Waals surface area contributed by atoms with Gasteiger partial charge in [-0.05, 0) is 35.4 Å². The number of benzene rings is 1. The Morgan fingerprint density at radius 2 is 1.88 bits per heavy atom. The van der Waals surface area contributed by atoms with Gasteiger partial charge >= 0.3 is 5.97 Å². The summed E-state index contributed by atoms with van der Waals surface area (Å²) in [6.45, 7) is 8.40. The van der Waals surface area contributed by atoms with Crippen molar-refractivity contribution in [1.29, 1.82) is 0 Å². The summed E-state index contributed by atoms with van der Waals surface area (Å²) in [5, 5.41) is 9.17.